The number of ether oxygens (including phenoxy) is 3. The summed E-state index contributed by atoms with van der Waals surface area (Å²) in [6.45, 7) is 4.18. The van der Waals surface area contributed by atoms with Crippen LogP contribution in [-0.2, 0) is 23.8 Å². The number of carbonyl (C=O) groups is 2. The molecule has 0 bridgehead atoms. The Morgan fingerprint density at radius 2 is 1.84 bits per heavy atom. The standard InChI is InChI=1S/C13H22O6/c1-4-8-18-11(10(14)5-2)9-19-13(16)7-6-12(15)17-3/h6-7,10-11,14H,4-5,8-9H2,1-3H3/b7-6+. The van der Waals surface area contributed by atoms with Gasteiger partial charge < -0.3 is 19.3 Å². The van der Waals surface area contributed by atoms with Gasteiger partial charge in [-0.05, 0) is 12.8 Å². The molecule has 1 N–H and O–H groups in total. The van der Waals surface area contributed by atoms with E-state index in [1.807, 2.05) is 13.8 Å². The van der Waals surface area contributed by atoms with Gasteiger partial charge in [0.1, 0.15) is 12.7 Å². The number of methoxy groups -OCH3 is 1. The molecule has 2 atom stereocenters. The molecule has 0 amide bonds. The van der Waals surface area contributed by atoms with Crippen molar-refractivity contribution in [2.24, 2.45) is 0 Å². The Bertz CT molecular complexity index is 300. The molecule has 2 unspecified atom stereocenters. The van der Waals surface area contributed by atoms with Crippen molar-refractivity contribution in [1.82, 2.24) is 0 Å². The lowest BCUT2D eigenvalue weighted by Crippen LogP contribution is -2.34. The normalized spacial score (nSPS) is 14.1. The van der Waals surface area contributed by atoms with Crippen LogP contribution in [0.3, 0.4) is 0 Å². The Labute approximate surface area is 113 Å². The van der Waals surface area contributed by atoms with Crippen molar-refractivity contribution in [2.45, 2.75) is 38.9 Å². The summed E-state index contributed by atoms with van der Waals surface area (Å²) < 4.78 is 14.6. The van der Waals surface area contributed by atoms with Gasteiger partial charge in [0.25, 0.3) is 0 Å². The number of hydrogen-bond acceptors (Lipinski definition) is 6. The topological polar surface area (TPSA) is 82.1 Å². The zero-order valence-electron chi connectivity index (χ0n) is 11.6. The molecule has 0 fully saturated rings. The Hall–Kier alpha value is -1.40. The summed E-state index contributed by atoms with van der Waals surface area (Å²) in [5.74, 6) is -1.32. The number of rotatable bonds is 9. The molecular formula is C13H22O6. The van der Waals surface area contributed by atoms with Crippen LogP contribution in [0.15, 0.2) is 12.2 Å². The highest BCUT2D eigenvalue weighted by atomic mass is 16.6. The van der Waals surface area contributed by atoms with Crippen LogP contribution in [-0.4, -0.2) is 49.6 Å². The van der Waals surface area contributed by atoms with Gasteiger partial charge in [0.15, 0.2) is 0 Å². The molecule has 0 aromatic carbocycles. The fourth-order valence-corrected chi connectivity index (χ4v) is 1.22. The van der Waals surface area contributed by atoms with Crippen LogP contribution in [0.25, 0.3) is 0 Å². The first-order chi connectivity index (χ1) is 9.04. The van der Waals surface area contributed by atoms with Gasteiger partial charge in [0.05, 0.1) is 13.2 Å². The van der Waals surface area contributed by atoms with Crippen molar-refractivity contribution in [1.29, 1.82) is 0 Å². The molecule has 0 saturated carbocycles. The fourth-order valence-electron chi connectivity index (χ4n) is 1.22. The monoisotopic (exact) mass is 274 g/mol. The van der Waals surface area contributed by atoms with Gasteiger partial charge >= 0.3 is 11.9 Å². The Morgan fingerprint density at radius 1 is 1.21 bits per heavy atom. The third-order valence-electron chi connectivity index (χ3n) is 2.33. The number of aliphatic hydroxyl groups excluding tert-OH is 1. The zero-order valence-corrected chi connectivity index (χ0v) is 11.6. The number of hydrogen-bond donors (Lipinski definition) is 1. The van der Waals surface area contributed by atoms with Crippen LogP contribution < -0.4 is 0 Å². The van der Waals surface area contributed by atoms with Gasteiger partial charge in [-0.2, -0.15) is 0 Å². The number of esters is 2. The van der Waals surface area contributed by atoms with E-state index >= 15 is 0 Å². The smallest absolute Gasteiger partial charge is 0.331 e. The van der Waals surface area contributed by atoms with Gasteiger partial charge in [-0.15, -0.1) is 0 Å². The van der Waals surface area contributed by atoms with Crippen LogP contribution in [0, 0.1) is 0 Å². The predicted octanol–water partition coefficient (Wildman–Crippen LogP) is 0.825. The maximum absolute atomic E-state index is 11.3. The lowest BCUT2D eigenvalue weighted by molar-refractivity contribution is -0.146. The molecule has 110 valence electrons. The van der Waals surface area contributed by atoms with E-state index < -0.39 is 24.1 Å². The summed E-state index contributed by atoms with van der Waals surface area (Å²) in [4.78, 5) is 22.1. The van der Waals surface area contributed by atoms with Gasteiger partial charge in [-0.25, -0.2) is 9.59 Å². The SMILES string of the molecule is CCCOC(COC(=O)/C=C/C(=O)OC)C(O)CC. The molecule has 0 saturated heterocycles. The minimum Gasteiger partial charge on any atom is -0.466 e. The maximum Gasteiger partial charge on any atom is 0.331 e. The Morgan fingerprint density at radius 3 is 2.37 bits per heavy atom. The minimum atomic E-state index is -0.691. The third kappa shape index (κ3) is 8.34. The molecule has 19 heavy (non-hydrogen) atoms. The average molecular weight is 274 g/mol. The predicted molar refractivity (Wildman–Crippen MR) is 68.4 cm³/mol. The van der Waals surface area contributed by atoms with Crippen LogP contribution in [0.5, 0.6) is 0 Å². The summed E-state index contributed by atoms with van der Waals surface area (Å²) in [5.41, 5.74) is 0. The molecule has 0 aliphatic rings. The first-order valence-corrected chi connectivity index (χ1v) is 6.27. The molecule has 6 heteroatoms. The van der Waals surface area contributed by atoms with Crippen LogP contribution >= 0.6 is 0 Å². The van der Waals surface area contributed by atoms with Crippen molar-refractivity contribution in [2.75, 3.05) is 20.3 Å². The highest BCUT2D eigenvalue weighted by Crippen LogP contribution is 2.05. The van der Waals surface area contributed by atoms with Crippen molar-refractivity contribution in [3.05, 3.63) is 12.2 Å². The van der Waals surface area contributed by atoms with Gasteiger partial charge in [-0.1, -0.05) is 13.8 Å². The summed E-state index contributed by atoms with van der Waals surface area (Å²) in [6, 6.07) is 0. The summed E-state index contributed by atoms with van der Waals surface area (Å²) in [5, 5.41) is 9.70. The molecule has 0 radical (unpaired) electrons. The molecule has 0 aliphatic carbocycles. The van der Waals surface area contributed by atoms with E-state index in [0.717, 1.165) is 18.6 Å². The quantitative estimate of drug-likeness (QED) is 0.495. The molecule has 0 spiro atoms. The Kier molecular flexibility index (Phi) is 9.74. The summed E-state index contributed by atoms with van der Waals surface area (Å²) in [7, 11) is 1.21. The largest absolute Gasteiger partial charge is 0.466 e. The fraction of sp³-hybridized carbons (Fsp3) is 0.692. The maximum atomic E-state index is 11.3. The van der Waals surface area contributed by atoms with E-state index in [2.05, 4.69) is 4.74 Å². The second-order valence-corrected chi connectivity index (χ2v) is 3.87. The van der Waals surface area contributed by atoms with E-state index in [0.29, 0.717) is 13.0 Å². The van der Waals surface area contributed by atoms with Crippen LogP contribution in [0.4, 0.5) is 0 Å². The molecule has 0 aliphatic heterocycles. The average Bonchev–Trinajstić information content (AvgIpc) is 2.43. The second-order valence-electron chi connectivity index (χ2n) is 3.87. The molecule has 0 heterocycles. The highest BCUT2D eigenvalue weighted by Gasteiger charge is 2.19. The third-order valence-corrected chi connectivity index (χ3v) is 2.33. The second kappa shape index (κ2) is 10.5. The molecule has 0 rings (SSSR count). The van der Waals surface area contributed by atoms with Crippen molar-refractivity contribution >= 4 is 11.9 Å². The molecule has 0 aromatic rings. The lowest BCUT2D eigenvalue weighted by atomic mass is 10.1. The number of aliphatic hydroxyl groups is 1. The first-order valence-electron chi connectivity index (χ1n) is 6.27. The highest BCUT2D eigenvalue weighted by molar-refractivity contribution is 5.91. The van der Waals surface area contributed by atoms with E-state index in [1.165, 1.54) is 7.11 Å². The van der Waals surface area contributed by atoms with E-state index in [1.54, 1.807) is 0 Å². The van der Waals surface area contributed by atoms with Crippen LogP contribution in [0.2, 0.25) is 0 Å². The van der Waals surface area contributed by atoms with Crippen molar-refractivity contribution in [3.8, 4) is 0 Å². The molecular weight excluding hydrogens is 252 g/mol. The zero-order chi connectivity index (χ0) is 14.7. The first kappa shape index (κ1) is 17.6. The van der Waals surface area contributed by atoms with Gasteiger partial charge in [-0.3, -0.25) is 0 Å². The molecule has 6 nitrogen and oxygen atoms in total. The van der Waals surface area contributed by atoms with Crippen molar-refractivity contribution < 1.29 is 28.9 Å². The van der Waals surface area contributed by atoms with Gasteiger partial charge in [0, 0.05) is 18.8 Å². The summed E-state index contributed by atoms with van der Waals surface area (Å²) in [6.07, 6.45) is 2.01. The number of carbonyl (C=O) groups excluding carboxylic acids is 2. The van der Waals surface area contributed by atoms with Crippen molar-refractivity contribution in [3.63, 3.8) is 0 Å². The van der Waals surface area contributed by atoms with E-state index in [9.17, 15) is 14.7 Å². The van der Waals surface area contributed by atoms with Crippen LogP contribution in [0.1, 0.15) is 26.7 Å². The van der Waals surface area contributed by atoms with E-state index in [-0.39, 0.29) is 6.61 Å². The minimum absolute atomic E-state index is 0.0562. The Balaban J connectivity index is 4.19. The van der Waals surface area contributed by atoms with E-state index in [4.69, 9.17) is 9.47 Å². The molecule has 0 aromatic heterocycles. The van der Waals surface area contributed by atoms with Gasteiger partial charge in [0.2, 0.25) is 0 Å². The lowest BCUT2D eigenvalue weighted by Gasteiger charge is -2.21. The summed E-state index contributed by atoms with van der Waals surface area (Å²) >= 11 is 0.